The number of hydrogen-bond donors (Lipinski definition) is 1. The average molecular weight is 290 g/mol. The monoisotopic (exact) mass is 288 g/mol. The number of halogens is 2. The summed E-state index contributed by atoms with van der Waals surface area (Å²) in [5, 5.41) is 10.6. The van der Waals surface area contributed by atoms with Gasteiger partial charge < -0.3 is 9.84 Å². The minimum atomic E-state index is -0.693. The normalized spacial score (nSPS) is 17.1. The number of benzene rings is 1. The van der Waals surface area contributed by atoms with Gasteiger partial charge in [0.2, 0.25) is 0 Å². The molecule has 0 radical (unpaired) electrons. The van der Waals surface area contributed by atoms with Gasteiger partial charge in [-0.2, -0.15) is 0 Å². The number of aliphatic hydroxyl groups is 1. The fraction of sp³-hybridized carbons (Fsp3) is 0.273. The molecule has 4 heteroatoms. The second-order valence-electron chi connectivity index (χ2n) is 3.32. The van der Waals surface area contributed by atoms with Crippen molar-refractivity contribution in [3.05, 3.63) is 45.1 Å². The van der Waals surface area contributed by atoms with Crippen LogP contribution in [-0.2, 0) is 4.74 Å². The largest absolute Gasteiger partial charge is 0.495 e. The summed E-state index contributed by atoms with van der Waals surface area (Å²) in [5.41, 5.74) is 0.777. The van der Waals surface area contributed by atoms with Gasteiger partial charge in [-0.05, 0) is 39.7 Å². The molecule has 1 N–H and O–H groups in total. The van der Waals surface area contributed by atoms with Gasteiger partial charge >= 0.3 is 0 Å². The van der Waals surface area contributed by atoms with Crippen LogP contribution >= 0.6 is 27.5 Å². The molecule has 1 heterocycles. The van der Waals surface area contributed by atoms with Gasteiger partial charge in [0, 0.05) is 10.9 Å². The molecule has 1 atom stereocenters. The Hall–Kier alpha value is -0.510. The minimum absolute atomic E-state index is 0.629. The molecule has 0 spiro atoms. The maximum Gasteiger partial charge on any atom is 0.136 e. The van der Waals surface area contributed by atoms with Crippen LogP contribution in [0.15, 0.2) is 34.5 Å². The van der Waals surface area contributed by atoms with Crippen molar-refractivity contribution in [1.29, 1.82) is 0 Å². The Morgan fingerprint density at radius 2 is 2.27 bits per heavy atom. The van der Waals surface area contributed by atoms with E-state index in [9.17, 15) is 5.11 Å². The zero-order valence-corrected chi connectivity index (χ0v) is 10.3. The summed E-state index contributed by atoms with van der Waals surface area (Å²) in [4.78, 5) is 0. The maximum absolute atomic E-state index is 9.98. The molecule has 2 rings (SSSR count). The molecule has 1 unspecified atom stereocenters. The Morgan fingerprint density at radius 3 is 2.87 bits per heavy atom. The van der Waals surface area contributed by atoms with Crippen molar-refractivity contribution in [3.63, 3.8) is 0 Å². The van der Waals surface area contributed by atoms with Gasteiger partial charge in [0.15, 0.2) is 0 Å². The lowest BCUT2D eigenvalue weighted by Crippen LogP contribution is -2.02. The van der Waals surface area contributed by atoms with Crippen LogP contribution in [0.3, 0.4) is 0 Å². The maximum atomic E-state index is 9.98. The average Bonchev–Trinajstić information content (AvgIpc) is 2.74. The molecule has 1 aromatic carbocycles. The van der Waals surface area contributed by atoms with Gasteiger partial charge in [0.05, 0.1) is 11.6 Å². The first kappa shape index (κ1) is 11.0. The fourth-order valence-corrected chi connectivity index (χ4v) is 1.99. The summed E-state index contributed by atoms with van der Waals surface area (Å²) < 4.78 is 6.08. The van der Waals surface area contributed by atoms with Crippen LogP contribution < -0.4 is 0 Å². The van der Waals surface area contributed by atoms with Crippen LogP contribution in [0.4, 0.5) is 0 Å². The smallest absolute Gasteiger partial charge is 0.136 e. The highest BCUT2D eigenvalue weighted by molar-refractivity contribution is 9.10. The lowest BCUT2D eigenvalue weighted by Gasteiger charge is -2.13. The molecular weight excluding hydrogens is 279 g/mol. The molecule has 0 saturated carbocycles. The summed E-state index contributed by atoms with van der Waals surface area (Å²) in [6, 6.07) is 5.34. The molecule has 0 bridgehead atoms. The van der Waals surface area contributed by atoms with Crippen molar-refractivity contribution >= 4 is 27.5 Å². The highest BCUT2D eigenvalue weighted by Gasteiger charge is 2.18. The zero-order chi connectivity index (χ0) is 10.8. The molecule has 80 valence electrons. The SMILES string of the molecule is OC(C1=CCCO1)c1ccc(Cl)c(Br)c1. The number of ether oxygens (including phenoxy) is 1. The summed E-state index contributed by atoms with van der Waals surface area (Å²) in [7, 11) is 0. The lowest BCUT2D eigenvalue weighted by molar-refractivity contribution is 0.119. The van der Waals surface area contributed by atoms with E-state index in [4.69, 9.17) is 16.3 Å². The predicted molar refractivity (Wildman–Crippen MR) is 62.8 cm³/mol. The van der Waals surface area contributed by atoms with Crippen LogP contribution in [0.2, 0.25) is 5.02 Å². The summed E-state index contributed by atoms with van der Waals surface area (Å²) in [6.45, 7) is 0.654. The Bertz CT molecular complexity index is 404. The van der Waals surface area contributed by atoms with E-state index in [0.29, 0.717) is 17.4 Å². The standard InChI is InChI=1S/C11H10BrClO2/c12-8-6-7(3-4-9(8)13)11(14)10-2-1-5-15-10/h2-4,6,11,14H,1,5H2. The first-order valence-corrected chi connectivity index (χ1v) is 5.81. The molecule has 15 heavy (non-hydrogen) atoms. The van der Waals surface area contributed by atoms with Gasteiger partial charge in [-0.1, -0.05) is 17.7 Å². The third kappa shape index (κ3) is 2.36. The molecule has 1 aliphatic rings. The van der Waals surface area contributed by atoms with E-state index in [-0.39, 0.29) is 0 Å². The van der Waals surface area contributed by atoms with Crippen molar-refractivity contribution in [1.82, 2.24) is 0 Å². The van der Waals surface area contributed by atoms with E-state index in [2.05, 4.69) is 15.9 Å². The van der Waals surface area contributed by atoms with Crippen molar-refractivity contribution < 1.29 is 9.84 Å². The number of aliphatic hydroxyl groups excluding tert-OH is 1. The molecule has 2 nitrogen and oxygen atoms in total. The van der Waals surface area contributed by atoms with Crippen molar-refractivity contribution in [2.75, 3.05) is 6.61 Å². The molecule has 0 aromatic heterocycles. The molecule has 0 aliphatic carbocycles. The zero-order valence-electron chi connectivity index (χ0n) is 7.91. The third-order valence-corrected chi connectivity index (χ3v) is 3.47. The number of rotatable bonds is 2. The Labute approximate surface area is 102 Å². The third-order valence-electron chi connectivity index (χ3n) is 2.26. The Morgan fingerprint density at radius 1 is 1.47 bits per heavy atom. The quantitative estimate of drug-likeness (QED) is 0.904. The van der Waals surface area contributed by atoms with Gasteiger partial charge in [-0.15, -0.1) is 0 Å². The van der Waals surface area contributed by atoms with Gasteiger partial charge in [0.1, 0.15) is 11.9 Å². The predicted octanol–water partition coefficient (Wildman–Crippen LogP) is 3.44. The van der Waals surface area contributed by atoms with E-state index < -0.39 is 6.10 Å². The van der Waals surface area contributed by atoms with Crippen LogP contribution in [0, 0.1) is 0 Å². The van der Waals surface area contributed by atoms with Crippen LogP contribution in [-0.4, -0.2) is 11.7 Å². The van der Waals surface area contributed by atoms with Gasteiger partial charge in [0.25, 0.3) is 0 Å². The fourth-order valence-electron chi connectivity index (χ4n) is 1.47. The summed E-state index contributed by atoms with van der Waals surface area (Å²) >= 11 is 9.19. The van der Waals surface area contributed by atoms with Crippen molar-refractivity contribution in [2.24, 2.45) is 0 Å². The first-order valence-electron chi connectivity index (χ1n) is 4.64. The topological polar surface area (TPSA) is 29.5 Å². The van der Waals surface area contributed by atoms with Crippen LogP contribution in [0.25, 0.3) is 0 Å². The summed E-state index contributed by atoms with van der Waals surface area (Å²) in [6.07, 6.45) is 2.08. The second-order valence-corrected chi connectivity index (χ2v) is 4.58. The highest BCUT2D eigenvalue weighted by Crippen LogP contribution is 2.30. The van der Waals surface area contributed by atoms with Gasteiger partial charge in [-0.25, -0.2) is 0 Å². The minimum Gasteiger partial charge on any atom is -0.495 e. The Kier molecular flexibility index (Phi) is 3.34. The van der Waals surface area contributed by atoms with E-state index in [1.807, 2.05) is 6.08 Å². The summed E-state index contributed by atoms with van der Waals surface area (Å²) in [5.74, 6) is 0.629. The van der Waals surface area contributed by atoms with E-state index in [1.54, 1.807) is 18.2 Å². The van der Waals surface area contributed by atoms with Gasteiger partial charge in [-0.3, -0.25) is 0 Å². The van der Waals surface area contributed by atoms with Crippen molar-refractivity contribution in [2.45, 2.75) is 12.5 Å². The molecule has 0 saturated heterocycles. The second kappa shape index (κ2) is 4.56. The highest BCUT2D eigenvalue weighted by atomic mass is 79.9. The van der Waals surface area contributed by atoms with Crippen LogP contribution in [0.1, 0.15) is 18.1 Å². The van der Waals surface area contributed by atoms with E-state index in [0.717, 1.165) is 16.5 Å². The van der Waals surface area contributed by atoms with Crippen molar-refractivity contribution in [3.8, 4) is 0 Å². The Balaban J connectivity index is 2.25. The molecular formula is C11H10BrClO2. The van der Waals surface area contributed by atoms with Crippen LogP contribution in [0.5, 0.6) is 0 Å². The van der Waals surface area contributed by atoms with E-state index in [1.165, 1.54) is 0 Å². The van der Waals surface area contributed by atoms with E-state index >= 15 is 0 Å². The number of hydrogen-bond acceptors (Lipinski definition) is 2. The lowest BCUT2D eigenvalue weighted by atomic mass is 10.1. The molecule has 0 amide bonds. The molecule has 0 fully saturated rings. The molecule has 1 aromatic rings. The first-order chi connectivity index (χ1) is 7.18. The molecule has 1 aliphatic heterocycles.